The van der Waals surface area contributed by atoms with Gasteiger partial charge in [-0.05, 0) is 0 Å². The quantitative estimate of drug-likeness (QED) is 0.334. The zero-order chi connectivity index (χ0) is 7.11. The highest BCUT2D eigenvalue weighted by molar-refractivity contribution is 14.1. The van der Waals surface area contributed by atoms with Crippen LogP contribution >= 0.6 is 22.6 Å². The van der Waals surface area contributed by atoms with Gasteiger partial charge in [0.2, 0.25) is 0 Å². The van der Waals surface area contributed by atoms with Crippen molar-refractivity contribution in [2.24, 2.45) is 0 Å². The molecule has 0 heterocycles. The second-order valence-corrected chi connectivity index (χ2v) is 2.49. The largest absolute Gasteiger partial charge is 0.377 e. The Bertz CT molecular complexity index is 102. The summed E-state index contributed by atoms with van der Waals surface area (Å²) < 4.78 is 5.74. The Morgan fingerprint density at radius 1 is 1.78 bits per heavy atom. The van der Waals surface area contributed by atoms with Crippen LogP contribution in [0.1, 0.15) is 0 Å². The highest BCUT2D eigenvalue weighted by atomic mass is 127. The van der Waals surface area contributed by atoms with Crippen LogP contribution in [-0.2, 0) is 4.74 Å². The summed E-state index contributed by atoms with van der Waals surface area (Å²) in [6.45, 7) is 0.721. The lowest BCUT2D eigenvalue weighted by atomic mass is 10.4. The average molecular weight is 241 g/mol. The topological polar surface area (TPSA) is 53.2 Å². The van der Waals surface area contributed by atoms with Crippen molar-refractivity contribution in [3.05, 3.63) is 0 Å². The Hall–Kier alpha value is 0.140. The van der Waals surface area contributed by atoms with Crippen molar-refractivity contribution in [2.75, 3.05) is 17.6 Å². The summed E-state index contributed by atoms with van der Waals surface area (Å²) in [5.74, 6) is 0. The SMILES string of the molecule is N#CC(O)COCCI. The molecule has 0 aromatic carbocycles. The van der Waals surface area contributed by atoms with Crippen molar-refractivity contribution in [1.82, 2.24) is 0 Å². The van der Waals surface area contributed by atoms with Crippen molar-refractivity contribution in [3.8, 4) is 6.07 Å². The molecule has 1 N–H and O–H groups in total. The van der Waals surface area contributed by atoms with Crippen LogP contribution in [0.15, 0.2) is 0 Å². The van der Waals surface area contributed by atoms with Crippen LogP contribution in [-0.4, -0.2) is 28.9 Å². The molecule has 3 nitrogen and oxygen atoms in total. The molecule has 52 valence electrons. The molecule has 0 amide bonds. The molecule has 0 saturated heterocycles. The molecule has 0 spiro atoms. The maximum atomic E-state index is 8.60. The second kappa shape index (κ2) is 6.26. The minimum absolute atomic E-state index is 0.125. The molecule has 1 atom stereocenters. The summed E-state index contributed by atoms with van der Waals surface area (Å²) in [5.41, 5.74) is 0. The number of aliphatic hydroxyl groups is 1. The van der Waals surface area contributed by atoms with Crippen molar-refractivity contribution >= 4 is 22.6 Å². The van der Waals surface area contributed by atoms with E-state index in [-0.39, 0.29) is 6.61 Å². The number of nitriles is 1. The van der Waals surface area contributed by atoms with E-state index >= 15 is 0 Å². The lowest BCUT2D eigenvalue weighted by molar-refractivity contribution is 0.0726. The van der Waals surface area contributed by atoms with Crippen LogP contribution in [0.4, 0.5) is 0 Å². The van der Waals surface area contributed by atoms with E-state index in [2.05, 4.69) is 22.6 Å². The number of hydrogen-bond acceptors (Lipinski definition) is 3. The summed E-state index contributed by atoms with van der Waals surface area (Å²) in [5, 5.41) is 16.6. The number of rotatable bonds is 4. The van der Waals surface area contributed by atoms with Crippen LogP contribution < -0.4 is 0 Å². The summed E-state index contributed by atoms with van der Waals surface area (Å²) in [4.78, 5) is 0. The van der Waals surface area contributed by atoms with Gasteiger partial charge in [0, 0.05) is 4.43 Å². The molecule has 4 heteroatoms. The van der Waals surface area contributed by atoms with Gasteiger partial charge in [-0.25, -0.2) is 0 Å². The van der Waals surface area contributed by atoms with Gasteiger partial charge in [-0.15, -0.1) is 0 Å². The monoisotopic (exact) mass is 241 g/mol. The normalized spacial score (nSPS) is 12.6. The third-order valence-electron chi connectivity index (χ3n) is 0.646. The fraction of sp³-hybridized carbons (Fsp3) is 0.800. The first-order chi connectivity index (χ1) is 4.31. The van der Waals surface area contributed by atoms with E-state index < -0.39 is 6.10 Å². The molecular formula is C5H8INO2. The number of alkyl halides is 1. The van der Waals surface area contributed by atoms with Crippen LogP contribution in [0, 0.1) is 11.3 Å². The molecule has 1 unspecified atom stereocenters. The zero-order valence-electron chi connectivity index (χ0n) is 4.88. The standard InChI is InChI=1S/C5H8INO2/c6-1-2-9-4-5(8)3-7/h5,8H,1-2,4H2. The van der Waals surface area contributed by atoms with Crippen LogP contribution in [0.25, 0.3) is 0 Å². The van der Waals surface area contributed by atoms with E-state index in [1.54, 1.807) is 6.07 Å². The first-order valence-electron chi connectivity index (χ1n) is 2.52. The van der Waals surface area contributed by atoms with E-state index in [1.165, 1.54) is 0 Å². The van der Waals surface area contributed by atoms with Gasteiger partial charge in [0.1, 0.15) is 0 Å². The van der Waals surface area contributed by atoms with E-state index in [1.807, 2.05) is 0 Å². The maximum absolute atomic E-state index is 8.60. The van der Waals surface area contributed by atoms with Crippen molar-refractivity contribution in [1.29, 1.82) is 5.26 Å². The van der Waals surface area contributed by atoms with Crippen LogP contribution in [0.2, 0.25) is 0 Å². The van der Waals surface area contributed by atoms with Crippen molar-refractivity contribution < 1.29 is 9.84 Å². The number of nitrogens with zero attached hydrogens (tertiary/aromatic N) is 1. The van der Waals surface area contributed by atoms with Gasteiger partial charge < -0.3 is 9.84 Å². The molecule has 0 aliphatic rings. The Balaban J connectivity index is 2.99. The highest BCUT2D eigenvalue weighted by Crippen LogP contribution is 1.85. The smallest absolute Gasteiger partial charge is 0.163 e. The Labute approximate surface area is 67.8 Å². The first-order valence-corrected chi connectivity index (χ1v) is 4.05. The molecule has 0 radical (unpaired) electrons. The van der Waals surface area contributed by atoms with E-state index in [4.69, 9.17) is 15.1 Å². The Morgan fingerprint density at radius 3 is 2.89 bits per heavy atom. The molecule has 0 aliphatic heterocycles. The summed E-state index contributed by atoms with van der Waals surface area (Å²) >= 11 is 2.16. The minimum Gasteiger partial charge on any atom is -0.377 e. The molecule has 0 fully saturated rings. The highest BCUT2D eigenvalue weighted by Gasteiger charge is 1.98. The van der Waals surface area contributed by atoms with E-state index in [0.29, 0.717) is 6.61 Å². The Morgan fingerprint density at radius 2 is 2.44 bits per heavy atom. The molecule has 9 heavy (non-hydrogen) atoms. The number of hydrogen-bond donors (Lipinski definition) is 1. The second-order valence-electron chi connectivity index (χ2n) is 1.41. The number of aliphatic hydroxyl groups excluding tert-OH is 1. The molecule has 0 rings (SSSR count). The van der Waals surface area contributed by atoms with Gasteiger partial charge >= 0.3 is 0 Å². The van der Waals surface area contributed by atoms with Crippen molar-refractivity contribution in [2.45, 2.75) is 6.10 Å². The maximum Gasteiger partial charge on any atom is 0.163 e. The number of ether oxygens (including phenoxy) is 1. The van der Waals surface area contributed by atoms with Gasteiger partial charge in [0.05, 0.1) is 19.3 Å². The lowest BCUT2D eigenvalue weighted by Gasteiger charge is -2.00. The van der Waals surface area contributed by atoms with Crippen molar-refractivity contribution in [3.63, 3.8) is 0 Å². The predicted molar refractivity (Wildman–Crippen MR) is 41.3 cm³/mol. The van der Waals surface area contributed by atoms with Gasteiger partial charge in [0.15, 0.2) is 6.10 Å². The zero-order valence-corrected chi connectivity index (χ0v) is 7.04. The molecule has 0 saturated carbocycles. The summed E-state index contributed by atoms with van der Waals surface area (Å²) in [6.07, 6.45) is -0.965. The number of halogens is 1. The molecule has 0 aromatic rings. The molecule has 0 aliphatic carbocycles. The average Bonchev–Trinajstić information content (AvgIpc) is 1.89. The fourth-order valence-corrected chi connectivity index (χ4v) is 0.598. The third-order valence-corrected chi connectivity index (χ3v) is 1.09. The van der Waals surface area contributed by atoms with Gasteiger partial charge in [-0.2, -0.15) is 5.26 Å². The first kappa shape index (κ1) is 9.14. The predicted octanol–water partition coefficient (Wildman–Crippen LogP) is 0.322. The fourth-order valence-electron chi connectivity index (χ4n) is 0.287. The van der Waals surface area contributed by atoms with Crippen LogP contribution in [0.3, 0.4) is 0 Å². The summed E-state index contributed by atoms with van der Waals surface area (Å²) in [6, 6.07) is 1.65. The lowest BCUT2D eigenvalue weighted by Crippen LogP contribution is -2.13. The molecular weight excluding hydrogens is 233 g/mol. The summed E-state index contributed by atoms with van der Waals surface area (Å²) in [7, 11) is 0. The Kier molecular flexibility index (Phi) is 6.36. The molecule has 0 bridgehead atoms. The van der Waals surface area contributed by atoms with Crippen LogP contribution in [0.5, 0.6) is 0 Å². The van der Waals surface area contributed by atoms with Gasteiger partial charge in [-0.1, -0.05) is 22.6 Å². The van der Waals surface area contributed by atoms with E-state index in [0.717, 1.165) is 4.43 Å². The van der Waals surface area contributed by atoms with E-state index in [9.17, 15) is 0 Å². The minimum atomic E-state index is -0.965. The third kappa shape index (κ3) is 6.02. The molecule has 0 aromatic heterocycles. The van der Waals surface area contributed by atoms with Gasteiger partial charge in [0.25, 0.3) is 0 Å². The van der Waals surface area contributed by atoms with Gasteiger partial charge in [-0.3, -0.25) is 0 Å².